The minimum absolute atomic E-state index is 0.176. The lowest BCUT2D eigenvalue weighted by Gasteiger charge is -2.26. The van der Waals surface area contributed by atoms with Crippen molar-refractivity contribution in [3.05, 3.63) is 71.8 Å². The number of nitrogens with one attached hydrogen (secondary N) is 4. The summed E-state index contributed by atoms with van der Waals surface area (Å²) in [5.74, 6) is -2.37. The molecule has 2 saturated heterocycles. The number of carbonyl (C=O) groups is 5. The Morgan fingerprint density at radius 2 is 1.43 bits per heavy atom. The predicted molar refractivity (Wildman–Crippen MR) is 172 cm³/mol. The summed E-state index contributed by atoms with van der Waals surface area (Å²) < 4.78 is 16.0. The van der Waals surface area contributed by atoms with E-state index in [0.29, 0.717) is 45.8 Å². The van der Waals surface area contributed by atoms with Gasteiger partial charge in [0.2, 0.25) is 23.6 Å². The number of morpholine rings is 1. The van der Waals surface area contributed by atoms with E-state index in [-0.39, 0.29) is 25.4 Å². The number of benzene rings is 2. The van der Waals surface area contributed by atoms with Crippen molar-refractivity contribution in [2.24, 2.45) is 0 Å². The highest BCUT2D eigenvalue weighted by Gasteiger charge is 2.46. The van der Waals surface area contributed by atoms with E-state index < -0.39 is 47.9 Å². The first-order chi connectivity index (χ1) is 22.7. The largest absolute Gasteiger partial charge is 0.379 e. The van der Waals surface area contributed by atoms with Crippen LogP contribution in [0.5, 0.6) is 0 Å². The van der Waals surface area contributed by atoms with Gasteiger partial charge in [0.15, 0.2) is 5.78 Å². The molecule has 47 heavy (non-hydrogen) atoms. The minimum atomic E-state index is -0.995. The fraction of sp³-hybridized carbons (Fsp3) is 0.500. The first-order valence-corrected chi connectivity index (χ1v) is 16.0. The standard InChI is InChI=1S/C34H45N5O8/c1-34(24-47-34)29(40)21-35-33(44)28(20-26-10-6-3-7-11-26)38-30(41)22-36-32(43)27(13-12-25-8-4-2-5-9-25)37-31(42)23-46-19-16-39-14-17-45-18-15-39/h2-11,27-28H,12-24H2,1H3,(H,35,44)(H,36,43)(H,37,42)(H,38,41)/t27-,28-,34+/m0/s1. The number of carbonyl (C=O) groups excluding carboxylic acids is 5. The number of amides is 4. The van der Waals surface area contributed by atoms with Crippen LogP contribution in [0.1, 0.15) is 24.5 Å². The molecule has 0 aliphatic carbocycles. The van der Waals surface area contributed by atoms with E-state index in [1.807, 2.05) is 60.7 Å². The molecule has 0 bridgehead atoms. The molecule has 0 spiro atoms. The van der Waals surface area contributed by atoms with Gasteiger partial charge in [-0.1, -0.05) is 60.7 Å². The van der Waals surface area contributed by atoms with Crippen LogP contribution in [0, 0.1) is 0 Å². The van der Waals surface area contributed by atoms with Crippen molar-refractivity contribution in [1.82, 2.24) is 26.2 Å². The van der Waals surface area contributed by atoms with Crippen LogP contribution in [0.4, 0.5) is 0 Å². The Morgan fingerprint density at radius 3 is 2.09 bits per heavy atom. The number of ether oxygens (including phenoxy) is 3. The third-order valence-electron chi connectivity index (χ3n) is 8.05. The maximum Gasteiger partial charge on any atom is 0.246 e. The van der Waals surface area contributed by atoms with Crippen LogP contribution in [-0.2, 0) is 51.0 Å². The van der Waals surface area contributed by atoms with E-state index in [0.717, 1.165) is 24.2 Å². The SMILES string of the molecule is C[C@]1(C(=O)CNC(=O)[C@H](Cc2ccccc2)NC(=O)CNC(=O)[C@H](CCc2ccccc2)NC(=O)COCCN2CCOCC2)CO1. The van der Waals surface area contributed by atoms with Crippen molar-refractivity contribution < 1.29 is 38.2 Å². The summed E-state index contributed by atoms with van der Waals surface area (Å²) >= 11 is 0. The fourth-order valence-corrected chi connectivity index (χ4v) is 4.99. The maximum absolute atomic E-state index is 13.2. The van der Waals surface area contributed by atoms with Gasteiger partial charge in [0.1, 0.15) is 24.3 Å². The van der Waals surface area contributed by atoms with Crippen LogP contribution in [0.2, 0.25) is 0 Å². The third-order valence-corrected chi connectivity index (χ3v) is 8.05. The number of hydrogen-bond acceptors (Lipinski definition) is 9. The molecule has 13 heteroatoms. The third kappa shape index (κ3) is 12.5. The number of nitrogens with zero attached hydrogens (tertiary/aromatic N) is 1. The number of epoxide rings is 1. The number of aryl methyl sites for hydroxylation is 1. The average molecular weight is 652 g/mol. The molecule has 0 saturated carbocycles. The van der Waals surface area contributed by atoms with Crippen molar-refractivity contribution in [2.75, 3.05) is 65.8 Å². The van der Waals surface area contributed by atoms with E-state index in [2.05, 4.69) is 26.2 Å². The van der Waals surface area contributed by atoms with Gasteiger partial charge in [0.25, 0.3) is 0 Å². The van der Waals surface area contributed by atoms with Gasteiger partial charge < -0.3 is 35.5 Å². The second-order valence-corrected chi connectivity index (χ2v) is 11.8. The second kappa shape index (κ2) is 18.2. The van der Waals surface area contributed by atoms with Gasteiger partial charge in [0.05, 0.1) is 39.5 Å². The molecule has 2 aliphatic rings. The molecule has 4 rings (SSSR count). The average Bonchev–Trinajstić information content (AvgIpc) is 3.85. The summed E-state index contributed by atoms with van der Waals surface area (Å²) in [6.45, 7) is 5.14. The molecule has 3 atom stereocenters. The molecule has 4 amide bonds. The smallest absolute Gasteiger partial charge is 0.246 e. The molecule has 0 radical (unpaired) electrons. The molecule has 2 heterocycles. The highest BCUT2D eigenvalue weighted by Crippen LogP contribution is 2.26. The van der Waals surface area contributed by atoms with Gasteiger partial charge in [-0.05, 0) is 30.9 Å². The fourth-order valence-electron chi connectivity index (χ4n) is 4.99. The summed E-state index contributed by atoms with van der Waals surface area (Å²) in [5.41, 5.74) is 0.920. The molecule has 2 aromatic rings. The number of Topliss-reactive ketones (excluding diaryl/α,β-unsaturated/α-hetero) is 1. The van der Waals surface area contributed by atoms with Crippen molar-refractivity contribution in [3.8, 4) is 0 Å². The summed E-state index contributed by atoms with van der Waals surface area (Å²) in [5, 5.41) is 10.6. The van der Waals surface area contributed by atoms with E-state index in [4.69, 9.17) is 14.2 Å². The minimum Gasteiger partial charge on any atom is -0.379 e. The zero-order chi connectivity index (χ0) is 33.5. The van der Waals surface area contributed by atoms with Crippen LogP contribution in [-0.4, -0.2) is 118 Å². The summed E-state index contributed by atoms with van der Waals surface area (Å²) in [4.78, 5) is 66.5. The predicted octanol–water partition coefficient (Wildman–Crippen LogP) is -0.229. The van der Waals surface area contributed by atoms with Gasteiger partial charge in [-0.3, -0.25) is 28.9 Å². The van der Waals surface area contributed by atoms with Crippen molar-refractivity contribution in [1.29, 1.82) is 0 Å². The Morgan fingerprint density at radius 1 is 0.830 bits per heavy atom. The Hall–Kier alpha value is -4.17. The summed E-state index contributed by atoms with van der Waals surface area (Å²) in [6.07, 6.45) is 0.994. The highest BCUT2D eigenvalue weighted by atomic mass is 16.6. The van der Waals surface area contributed by atoms with Crippen molar-refractivity contribution in [3.63, 3.8) is 0 Å². The Bertz CT molecular complexity index is 1330. The topological polar surface area (TPSA) is 168 Å². The van der Waals surface area contributed by atoms with Crippen LogP contribution in [0.15, 0.2) is 60.7 Å². The molecule has 0 aromatic heterocycles. The zero-order valence-electron chi connectivity index (χ0n) is 26.8. The molecule has 254 valence electrons. The molecule has 13 nitrogen and oxygen atoms in total. The van der Waals surface area contributed by atoms with Crippen molar-refractivity contribution >= 4 is 29.4 Å². The molecule has 2 fully saturated rings. The van der Waals surface area contributed by atoms with E-state index in [9.17, 15) is 24.0 Å². The first kappa shape index (κ1) is 35.7. The van der Waals surface area contributed by atoms with E-state index in [1.54, 1.807) is 6.92 Å². The Kier molecular flexibility index (Phi) is 13.8. The maximum atomic E-state index is 13.2. The second-order valence-electron chi connectivity index (χ2n) is 11.8. The number of rotatable bonds is 19. The molecule has 2 aliphatic heterocycles. The quantitative estimate of drug-likeness (QED) is 0.119. The Labute approximate surface area is 275 Å². The number of hydrogen-bond donors (Lipinski definition) is 4. The van der Waals surface area contributed by atoms with Crippen molar-refractivity contribution in [2.45, 2.75) is 43.9 Å². The monoisotopic (exact) mass is 651 g/mol. The van der Waals surface area contributed by atoms with Crippen LogP contribution in [0.3, 0.4) is 0 Å². The van der Waals surface area contributed by atoms with Crippen LogP contribution in [0.25, 0.3) is 0 Å². The first-order valence-electron chi connectivity index (χ1n) is 16.0. The summed E-state index contributed by atoms with van der Waals surface area (Å²) in [7, 11) is 0. The Balaban J connectivity index is 1.29. The van der Waals surface area contributed by atoms with Gasteiger partial charge >= 0.3 is 0 Å². The summed E-state index contributed by atoms with van der Waals surface area (Å²) in [6, 6.07) is 16.8. The molecule has 4 N–H and O–H groups in total. The van der Waals surface area contributed by atoms with Crippen LogP contribution < -0.4 is 21.3 Å². The van der Waals surface area contributed by atoms with E-state index >= 15 is 0 Å². The molecule has 0 unspecified atom stereocenters. The van der Waals surface area contributed by atoms with Gasteiger partial charge in [-0.25, -0.2) is 0 Å². The normalized spacial score (nSPS) is 18.7. The highest BCUT2D eigenvalue weighted by molar-refractivity contribution is 5.96. The van der Waals surface area contributed by atoms with E-state index in [1.165, 1.54) is 0 Å². The lowest BCUT2D eigenvalue weighted by Crippen LogP contribution is -2.53. The molecule has 2 aromatic carbocycles. The van der Waals surface area contributed by atoms with Gasteiger partial charge in [-0.15, -0.1) is 0 Å². The number of ketones is 1. The van der Waals surface area contributed by atoms with Gasteiger partial charge in [-0.2, -0.15) is 0 Å². The zero-order valence-corrected chi connectivity index (χ0v) is 26.8. The molecular formula is C34H45N5O8. The lowest BCUT2D eigenvalue weighted by atomic mass is 10.0. The van der Waals surface area contributed by atoms with Gasteiger partial charge in [0, 0.05) is 26.1 Å². The lowest BCUT2D eigenvalue weighted by molar-refractivity contribution is -0.133. The molecular weight excluding hydrogens is 606 g/mol. The van der Waals surface area contributed by atoms with Crippen LogP contribution >= 0.6 is 0 Å².